The van der Waals surface area contributed by atoms with Gasteiger partial charge in [-0.05, 0) is 84.7 Å². The lowest BCUT2D eigenvalue weighted by Crippen LogP contribution is -2.22. The third-order valence-corrected chi connectivity index (χ3v) is 10.0. The van der Waals surface area contributed by atoms with Crippen molar-refractivity contribution in [3.8, 4) is 22.6 Å². The molecule has 1 aromatic heterocycles. The van der Waals surface area contributed by atoms with Crippen molar-refractivity contribution in [3.63, 3.8) is 0 Å². The summed E-state index contributed by atoms with van der Waals surface area (Å²) in [7, 11) is 3.30. The summed E-state index contributed by atoms with van der Waals surface area (Å²) >= 11 is 0. The summed E-state index contributed by atoms with van der Waals surface area (Å²) in [5, 5.41) is 22.9. The van der Waals surface area contributed by atoms with Crippen LogP contribution in [-0.4, -0.2) is 83.5 Å². The monoisotopic (exact) mass is 676 g/mol. The van der Waals surface area contributed by atoms with Crippen molar-refractivity contribution < 1.29 is 24.5 Å². The van der Waals surface area contributed by atoms with Gasteiger partial charge in [-0.1, -0.05) is 48.6 Å². The lowest BCUT2D eigenvalue weighted by Gasteiger charge is -2.18. The Morgan fingerprint density at radius 3 is 2.06 bits per heavy atom. The quantitative estimate of drug-likeness (QED) is 0.160. The molecule has 0 bridgehead atoms. The van der Waals surface area contributed by atoms with E-state index in [1.807, 2.05) is 19.1 Å². The van der Waals surface area contributed by atoms with Crippen LogP contribution in [0.5, 0.6) is 11.5 Å². The Balaban J connectivity index is 1.19. The van der Waals surface area contributed by atoms with Gasteiger partial charge >= 0.3 is 0 Å². The van der Waals surface area contributed by atoms with Crippen LogP contribution in [0.4, 0.5) is 5.69 Å². The highest BCUT2D eigenvalue weighted by Gasteiger charge is 2.23. The fourth-order valence-electron chi connectivity index (χ4n) is 7.10. The highest BCUT2D eigenvalue weighted by Crippen LogP contribution is 2.34. The zero-order valence-electron chi connectivity index (χ0n) is 29.7. The van der Waals surface area contributed by atoms with Gasteiger partial charge in [-0.2, -0.15) is 0 Å². The number of β-amino-alcohol motifs (C(OH)–C–C–N with tert-alkyl or cyclic N) is 2. The van der Waals surface area contributed by atoms with Crippen LogP contribution >= 0.6 is 0 Å². The molecule has 3 heterocycles. The summed E-state index contributed by atoms with van der Waals surface area (Å²) in [6.07, 6.45) is 6.99. The van der Waals surface area contributed by atoms with Crippen molar-refractivity contribution in [1.82, 2.24) is 14.8 Å². The molecule has 0 spiro atoms. The Morgan fingerprint density at radius 1 is 0.820 bits per heavy atom. The van der Waals surface area contributed by atoms with E-state index in [-0.39, 0.29) is 23.8 Å². The van der Waals surface area contributed by atoms with Gasteiger partial charge in [0.2, 0.25) is 0 Å². The Kier molecular flexibility index (Phi) is 11.0. The number of aliphatic hydroxyl groups is 2. The fourth-order valence-corrected chi connectivity index (χ4v) is 7.10. The van der Waals surface area contributed by atoms with Crippen LogP contribution in [0.3, 0.4) is 0 Å². The molecule has 2 atom stereocenters. The smallest absolute Gasteiger partial charge is 0.274 e. The summed E-state index contributed by atoms with van der Waals surface area (Å²) in [5.41, 5.74) is 10.6. The normalized spacial score (nSPS) is 18.2. The van der Waals surface area contributed by atoms with Gasteiger partial charge in [0.25, 0.3) is 5.91 Å². The van der Waals surface area contributed by atoms with E-state index < -0.39 is 0 Å². The molecule has 2 saturated heterocycles. The van der Waals surface area contributed by atoms with Crippen molar-refractivity contribution in [2.24, 2.45) is 0 Å². The highest BCUT2D eigenvalue weighted by atomic mass is 16.5. The molecule has 6 rings (SSSR count). The first kappa shape index (κ1) is 35.3. The van der Waals surface area contributed by atoms with E-state index >= 15 is 0 Å². The maximum absolute atomic E-state index is 13.4. The van der Waals surface area contributed by atoms with Crippen molar-refractivity contribution >= 4 is 23.7 Å². The number of aliphatic hydroxyl groups excluding tert-OH is 2. The summed E-state index contributed by atoms with van der Waals surface area (Å²) in [6.45, 7) is 10.7. The molecule has 3 N–H and O–H groups in total. The van der Waals surface area contributed by atoms with Crippen LogP contribution in [-0.2, 0) is 13.1 Å². The number of benzene rings is 3. The molecule has 0 radical (unpaired) electrons. The van der Waals surface area contributed by atoms with Gasteiger partial charge in [-0.15, -0.1) is 0 Å². The molecular formula is C41H48N4O5. The second-order valence-electron chi connectivity index (χ2n) is 13.5. The number of ether oxygens (including phenoxy) is 2. The first-order valence-corrected chi connectivity index (χ1v) is 17.3. The molecule has 50 heavy (non-hydrogen) atoms. The van der Waals surface area contributed by atoms with Crippen LogP contribution in [0.15, 0.2) is 60.8 Å². The number of aromatic nitrogens is 1. The zero-order valence-corrected chi connectivity index (χ0v) is 29.7. The maximum Gasteiger partial charge on any atom is 0.274 e. The van der Waals surface area contributed by atoms with E-state index in [1.165, 1.54) is 0 Å². The summed E-state index contributed by atoms with van der Waals surface area (Å²) in [6, 6.07) is 18.2. The largest absolute Gasteiger partial charge is 0.496 e. The molecule has 0 aliphatic carbocycles. The van der Waals surface area contributed by atoms with E-state index in [4.69, 9.17) is 9.47 Å². The number of likely N-dealkylation sites (tertiary alicyclic amines) is 2. The predicted octanol–water partition coefficient (Wildman–Crippen LogP) is 6.25. The number of carbonyl (C=O) groups is 1. The minimum Gasteiger partial charge on any atom is -0.496 e. The molecule has 0 unspecified atom stereocenters. The van der Waals surface area contributed by atoms with Crippen LogP contribution in [0.1, 0.15) is 62.3 Å². The molecule has 262 valence electrons. The van der Waals surface area contributed by atoms with Gasteiger partial charge < -0.3 is 25.0 Å². The first-order valence-electron chi connectivity index (χ1n) is 17.3. The Bertz CT molecular complexity index is 1890. The maximum atomic E-state index is 13.4. The average Bonchev–Trinajstić information content (AvgIpc) is 3.72. The number of hydrogen-bond donors (Lipinski definition) is 3. The second-order valence-corrected chi connectivity index (χ2v) is 13.5. The van der Waals surface area contributed by atoms with Crippen molar-refractivity contribution in [2.75, 3.05) is 45.7 Å². The number of pyridine rings is 1. The number of methoxy groups -OCH3 is 2. The van der Waals surface area contributed by atoms with Gasteiger partial charge in [0.05, 0.1) is 26.4 Å². The van der Waals surface area contributed by atoms with E-state index in [0.717, 1.165) is 94.0 Å². The van der Waals surface area contributed by atoms with Gasteiger partial charge in [0, 0.05) is 68.3 Å². The highest BCUT2D eigenvalue weighted by molar-refractivity contribution is 6.04. The van der Waals surface area contributed by atoms with Crippen molar-refractivity contribution in [2.45, 2.75) is 58.9 Å². The number of aryl methyl sites for hydroxylation is 1. The molecule has 4 aromatic rings. The standard InChI is InChI=1S/C41H48N4O5/c1-26-18-31(22-44-16-14-33(46)24-44)39(49-4)19-30(26)13-12-29-8-6-9-35(27(29)2)36-10-7-11-37(28(36)3)43-41(48)38-20-40(50-5)32(21-42-38)23-45-17-15-34(47)25-45/h6-13,18-21,33-34,46-47H,14-17,22-25H2,1-5H3,(H,43,48)/b13-12+/t33-,34-/m1/s1. The molecule has 0 saturated carbocycles. The molecular weight excluding hydrogens is 628 g/mol. The molecule has 3 aromatic carbocycles. The number of nitrogens with zero attached hydrogens (tertiary/aromatic N) is 3. The van der Waals surface area contributed by atoms with E-state index in [2.05, 4.69) is 82.5 Å². The van der Waals surface area contributed by atoms with Gasteiger partial charge in [-0.25, -0.2) is 0 Å². The number of hydrogen-bond acceptors (Lipinski definition) is 8. The second kappa shape index (κ2) is 15.6. The third kappa shape index (κ3) is 7.92. The van der Waals surface area contributed by atoms with Crippen LogP contribution in [0.25, 0.3) is 23.3 Å². The summed E-state index contributed by atoms with van der Waals surface area (Å²) in [4.78, 5) is 22.3. The minimum absolute atomic E-state index is 0.249. The van der Waals surface area contributed by atoms with Crippen LogP contribution in [0, 0.1) is 20.8 Å². The lowest BCUT2D eigenvalue weighted by molar-refractivity contribution is 0.102. The van der Waals surface area contributed by atoms with Gasteiger partial charge in [-0.3, -0.25) is 19.6 Å². The fraction of sp³-hybridized carbons (Fsp3) is 0.366. The van der Waals surface area contributed by atoms with Crippen LogP contribution in [0.2, 0.25) is 0 Å². The van der Waals surface area contributed by atoms with Crippen molar-refractivity contribution in [1.29, 1.82) is 0 Å². The van der Waals surface area contributed by atoms with Gasteiger partial charge in [0.15, 0.2) is 0 Å². The Morgan fingerprint density at radius 2 is 1.42 bits per heavy atom. The minimum atomic E-state index is -0.310. The number of anilines is 1. The first-order chi connectivity index (χ1) is 24.1. The summed E-state index contributed by atoms with van der Waals surface area (Å²) < 4.78 is 11.4. The predicted molar refractivity (Wildman–Crippen MR) is 199 cm³/mol. The SMILES string of the molecule is COc1cc(C(=O)Nc2cccc(-c3cccc(/C=C/c4cc(OC)c(CN5CC[C@@H](O)C5)cc4C)c3C)c2C)ncc1CN1CC[C@@H](O)C1. The number of nitrogens with one attached hydrogen (secondary N) is 1. The zero-order chi connectivity index (χ0) is 35.4. The molecule has 2 fully saturated rings. The molecule has 1 amide bonds. The number of amides is 1. The average molecular weight is 677 g/mol. The number of rotatable bonds is 11. The van der Waals surface area contributed by atoms with E-state index in [0.29, 0.717) is 25.4 Å². The van der Waals surface area contributed by atoms with E-state index in [9.17, 15) is 15.0 Å². The lowest BCUT2D eigenvalue weighted by atomic mass is 9.92. The topological polar surface area (TPSA) is 107 Å². The Labute approximate surface area is 295 Å². The van der Waals surface area contributed by atoms with Gasteiger partial charge in [0.1, 0.15) is 17.2 Å². The number of carbonyl (C=O) groups excluding carboxylic acids is 1. The molecule has 2 aliphatic rings. The summed E-state index contributed by atoms with van der Waals surface area (Å²) in [5.74, 6) is 1.14. The van der Waals surface area contributed by atoms with Crippen molar-refractivity contribution in [3.05, 3.63) is 105 Å². The van der Waals surface area contributed by atoms with E-state index in [1.54, 1.807) is 26.5 Å². The molecule has 9 nitrogen and oxygen atoms in total. The molecule has 9 heteroatoms. The molecule has 2 aliphatic heterocycles. The Hall–Kier alpha value is -4.54. The van der Waals surface area contributed by atoms with Crippen LogP contribution < -0.4 is 14.8 Å². The third-order valence-electron chi connectivity index (χ3n) is 10.0.